The molecule has 0 amide bonds. The average Bonchev–Trinajstić information content (AvgIpc) is 3.07. The van der Waals surface area contributed by atoms with E-state index in [1.807, 2.05) is 61.6 Å². The third-order valence-electron chi connectivity index (χ3n) is 4.24. The lowest BCUT2D eigenvalue weighted by atomic mass is 10.1. The highest BCUT2D eigenvalue weighted by molar-refractivity contribution is 7.26. The van der Waals surface area contributed by atoms with Crippen LogP contribution in [0, 0.1) is 5.41 Å². The van der Waals surface area contributed by atoms with Crippen LogP contribution in [0.15, 0.2) is 71.7 Å². The minimum Gasteiger partial charge on any atom is -0.373 e. The van der Waals surface area contributed by atoms with Gasteiger partial charge in [-0.05, 0) is 18.2 Å². The Balaban J connectivity index is 1.87. The van der Waals surface area contributed by atoms with Crippen molar-refractivity contribution < 1.29 is 0 Å². The van der Waals surface area contributed by atoms with Gasteiger partial charge in [0.2, 0.25) is 0 Å². The summed E-state index contributed by atoms with van der Waals surface area (Å²) in [6.45, 7) is 0. The molecule has 128 valence electrons. The van der Waals surface area contributed by atoms with Gasteiger partial charge in [-0.3, -0.25) is 5.41 Å². The van der Waals surface area contributed by atoms with Crippen LogP contribution in [0.3, 0.4) is 0 Å². The molecule has 1 aromatic heterocycles. The summed E-state index contributed by atoms with van der Waals surface area (Å²) < 4.78 is 2.15. The number of hydrogen-bond donors (Lipinski definition) is 2. The Bertz CT molecular complexity index is 1150. The van der Waals surface area contributed by atoms with E-state index in [1.165, 1.54) is 0 Å². The van der Waals surface area contributed by atoms with Crippen LogP contribution in [0.25, 0.3) is 20.2 Å². The molecule has 0 atom stereocenters. The fourth-order valence-electron chi connectivity index (χ4n) is 3.01. The fraction of sp³-hybridized carbons (Fsp3) is 0.0476. The van der Waals surface area contributed by atoms with Gasteiger partial charge in [-0.25, -0.2) is 4.99 Å². The lowest BCUT2D eigenvalue weighted by Gasteiger charge is -2.08. The molecular weight excluding hydrogens is 362 g/mol. The lowest BCUT2D eigenvalue weighted by Crippen LogP contribution is -2.21. The number of nitrogens with one attached hydrogen (secondary N) is 2. The highest BCUT2D eigenvalue weighted by atomic mass is 35.5. The number of nitrogens with zero attached hydrogens (tertiary/aromatic N) is 1. The molecular formula is C21H16ClN3S. The highest BCUT2D eigenvalue weighted by Crippen LogP contribution is 2.40. The predicted molar refractivity (Wildman–Crippen MR) is 113 cm³/mol. The average molecular weight is 378 g/mol. The molecule has 4 rings (SSSR count). The molecule has 0 saturated carbocycles. The second-order valence-electron chi connectivity index (χ2n) is 5.82. The molecule has 3 aromatic carbocycles. The number of benzene rings is 3. The number of rotatable bonds is 2. The van der Waals surface area contributed by atoms with E-state index in [1.54, 1.807) is 11.3 Å². The summed E-state index contributed by atoms with van der Waals surface area (Å²) in [6.07, 6.45) is 0. The molecule has 0 aliphatic carbocycles. The minimum absolute atomic E-state index is 0.214. The van der Waals surface area contributed by atoms with E-state index < -0.39 is 0 Å². The minimum atomic E-state index is 0.214. The summed E-state index contributed by atoms with van der Waals surface area (Å²) in [5.41, 5.74) is 1.73. The fourth-order valence-corrected chi connectivity index (χ4v) is 4.57. The molecule has 26 heavy (non-hydrogen) atoms. The van der Waals surface area contributed by atoms with Gasteiger partial charge in [0.1, 0.15) is 5.84 Å². The Morgan fingerprint density at radius 1 is 1.00 bits per heavy atom. The zero-order valence-electron chi connectivity index (χ0n) is 14.1. The van der Waals surface area contributed by atoms with Crippen molar-refractivity contribution in [3.63, 3.8) is 0 Å². The number of fused-ring (bicyclic) bond motifs is 3. The monoisotopic (exact) mass is 377 g/mol. The molecule has 2 N–H and O–H groups in total. The quantitative estimate of drug-likeness (QED) is 0.341. The zero-order chi connectivity index (χ0) is 18.1. The largest absolute Gasteiger partial charge is 0.373 e. The third kappa shape index (κ3) is 2.87. The van der Waals surface area contributed by atoms with Crippen LogP contribution in [-0.2, 0) is 0 Å². The van der Waals surface area contributed by atoms with Crippen molar-refractivity contribution in [2.45, 2.75) is 0 Å². The molecule has 0 aliphatic heterocycles. The molecule has 3 nitrogen and oxygen atoms in total. The van der Waals surface area contributed by atoms with Gasteiger partial charge < -0.3 is 5.32 Å². The summed E-state index contributed by atoms with van der Waals surface area (Å²) >= 11 is 8.12. The molecule has 0 spiro atoms. The van der Waals surface area contributed by atoms with E-state index >= 15 is 0 Å². The van der Waals surface area contributed by atoms with Crippen LogP contribution < -0.4 is 5.32 Å². The Labute approximate surface area is 160 Å². The summed E-state index contributed by atoms with van der Waals surface area (Å²) in [4.78, 5) is 4.54. The van der Waals surface area contributed by atoms with Gasteiger partial charge in [0, 0.05) is 43.4 Å². The molecule has 0 saturated heterocycles. The summed E-state index contributed by atoms with van der Waals surface area (Å²) in [6, 6.07) is 21.7. The van der Waals surface area contributed by atoms with E-state index in [9.17, 15) is 0 Å². The number of hydrogen-bond acceptors (Lipinski definition) is 2. The lowest BCUT2D eigenvalue weighted by molar-refractivity contribution is 1.16. The van der Waals surface area contributed by atoms with Gasteiger partial charge in [0.05, 0.1) is 0 Å². The van der Waals surface area contributed by atoms with Crippen LogP contribution in [0.2, 0.25) is 5.02 Å². The van der Waals surface area contributed by atoms with Crippen molar-refractivity contribution in [2.75, 3.05) is 7.05 Å². The van der Waals surface area contributed by atoms with Gasteiger partial charge >= 0.3 is 0 Å². The molecule has 0 radical (unpaired) electrons. The normalized spacial score (nSPS) is 11.8. The van der Waals surface area contributed by atoms with E-state index in [0.29, 0.717) is 10.9 Å². The molecule has 4 aromatic rings. The highest BCUT2D eigenvalue weighted by Gasteiger charge is 2.15. The SMILES string of the molecule is CN/C(=N\C(=N)c1ccc(Cl)c2c1sc1ccccc12)c1ccccc1. The molecule has 5 heteroatoms. The molecule has 1 heterocycles. The van der Waals surface area contributed by atoms with Gasteiger partial charge in [-0.1, -0.05) is 60.1 Å². The van der Waals surface area contributed by atoms with Crippen molar-refractivity contribution in [3.8, 4) is 0 Å². The van der Waals surface area contributed by atoms with Crippen LogP contribution in [0.5, 0.6) is 0 Å². The first-order chi connectivity index (χ1) is 12.7. The first-order valence-electron chi connectivity index (χ1n) is 8.19. The second-order valence-corrected chi connectivity index (χ2v) is 7.28. The molecule has 0 aliphatic rings. The van der Waals surface area contributed by atoms with Crippen LogP contribution in [0.4, 0.5) is 0 Å². The maximum Gasteiger partial charge on any atom is 0.155 e. The van der Waals surface area contributed by atoms with Gasteiger partial charge in [-0.2, -0.15) is 0 Å². The van der Waals surface area contributed by atoms with E-state index in [4.69, 9.17) is 17.0 Å². The van der Waals surface area contributed by atoms with Crippen LogP contribution in [0.1, 0.15) is 11.1 Å². The Morgan fingerprint density at radius 3 is 2.50 bits per heavy atom. The maximum atomic E-state index is 8.57. The maximum absolute atomic E-state index is 8.57. The summed E-state index contributed by atoms with van der Waals surface area (Å²) in [5.74, 6) is 0.881. The Kier molecular flexibility index (Phi) is 4.45. The molecule has 0 unspecified atom stereocenters. The topological polar surface area (TPSA) is 48.2 Å². The van der Waals surface area contributed by atoms with Crippen LogP contribution >= 0.6 is 22.9 Å². The van der Waals surface area contributed by atoms with Gasteiger partial charge in [0.25, 0.3) is 0 Å². The van der Waals surface area contributed by atoms with E-state index in [-0.39, 0.29) is 5.84 Å². The van der Waals surface area contributed by atoms with Crippen molar-refractivity contribution in [1.82, 2.24) is 5.32 Å². The number of thiophene rings is 1. The second kappa shape index (κ2) is 6.90. The Morgan fingerprint density at radius 2 is 1.73 bits per heavy atom. The molecule has 0 bridgehead atoms. The van der Waals surface area contributed by atoms with E-state index in [2.05, 4.69) is 22.4 Å². The number of amidine groups is 2. The zero-order valence-corrected chi connectivity index (χ0v) is 15.7. The summed E-state index contributed by atoms with van der Waals surface area (Å²) in [7, 11) is 1.82. The number of aliphatic imine (C=N–C) groups is 1. The number of halogens is 1. The van der Waals surface area contributed by atoms with Crippen molar-refractivity contribution in [3.05, 3.63) is 82.9 Å². The van der Waals surface area contributed by atoms with Crippen molar-refractivity contribution in [1.29, 1.82) is 5.41 Å². The van der Waals surface area contributed by atoms with Gasteiger partial charge in [-0.15, -0.1) is 11.3 Å². The van der Waals surface area contributed by atoms with Crippen LogP contribution in [-0.4, -0.2) is 18.7 Å². The van der Waals surface area contributed by atoms with Crippen molar-refractivity contribution >= 4 is 54.8 Å². The first-order valence-corrected chi connectivity index (χ1v) is 9.39. The first kappa shape index (κ1) is 16.8. The Hall–Kier alpha value is -2.69. The van der Waals surface area contributed by atoms with E-state index in [0.717, 1.165) is 31.3 Å². The standard InChI is InChI=1S/C21H16ClN3S/c1-24-21(13-7-3-2-4-8-13)25-20(23)15-11-12-16(22)18-14-9-5-6-10-17(14)26-19(15)18/h2-12H,1H3,(H2,23,24,25). The van der Waals surface area contributed by atoms with Gasteiger partial charge in [0.15, 0.2) is 5.84 Å². The third-order valence-corrected chi connectivity index (χ3v) is 5.76. The van der Waals surface area contributed by atoms with Crippen molar-refractivity contribution in [2.24, 2.45) is 4.99 Å². The molecule has 0 fully saturated rings. The summed E-state index contributed by atoms with van der Waals surface area (Å²) in [5, 5.41) is 14.5. The predicted octanol–water partition coefficient (Wildman–Crippen LogP) is 5.70. The smallest absolute Gasteiger partial charge is 0.155 e.